The second-order valence-corrected chi connectivity index (χ2v) is 6.53. The van der Waals surface area contributed by atoms with E-state index >= 15 is 0 Å². The number of imide groups is 1. The molecule has 3 aromatic rings. The standard InChI is InChI=1S/C18H18N6O2S/c1-2-20-17(26)22-16(25)14(12-6-4-3-5-7-12)27-18-21-15(23-24-18)13-8-10-19-11-9-13/h3-11,14H,2H2,1H3,(H,21,23,24)(H2,20,22,25,26)/t14-/m0/s1. The number of carbonyl (C=O) groups is 2. The zero-order valence-corrected chi connectivity index (χ0v) is 15.4. The van der Waals surface area contributed by atoms with Crippen molar-refractivity contribution < 1.29 is 9.59 Å². The molecule has 0 saturated heterocycles. The summed E-state index contributed by atoms with van der Waals surface area (Å²) in [5.41, 5.74) is 1.59. The molecule has 2 aromatic heterocycles. The van der Waals surface area contributed by atoms with Crippen molar-refractivity contribution in [2.75, 3.05) is 6.54 Å². The molecule has 8 nitrogen and oxygen atoms in total. The Balaban J connectivity index is 1.81. The zero-order valence-electron chi connectivity index (χ0n) is 14.5. The second kappa shape index (κ2) is 8.95. The first-order chi connectivity index (χ1) is 13.2. The van der Waals surface area contributed by atoms with E-state index in [1.165, 1.54) is 0 Å². The van der Waals surface area contributed by atoms with Crippen molar-refractivity contribution in [2.24, 2.45) is 0 Å². The maximum Gasteiger partial charge on any atom is 0.321 e. The van der Waals surface area contributed by atoms with Gasteiger partial charge >= 0.3 is 6.03 Å². The van der Waals surface area contributed by atoms with Gasteiger partial charge in [0.25, 0.3) is 0 Å². The summed E-state index contributed by atoms with van der Waals surface area (Å²) in [4.78, 5) is 32.8. The van der Waals surface area contributed by atoms with Crippen LogP contribution in [0.5, 0.6) is 0 Å². The van der Waals surface area contributed by atoms with E-state index in [9.17, 15) is 9.59 Å². The molecular formula is C18H18N6O2S. The van der Waals surface area contributed by atoms with Crippen LogP contribution >= 0.6 is 11.8 Å². The van der Waals surface area contributed by atoms with E-state index in [4.69, 9.17) is 0 Å². The molecule has 0 aliphatic rings. The SMILES string of the molecule is CCNC(=O)NC(=O)[C@@H](Sc1n[nH]c(-c2ccncc2)n1)c1ccccc1. The van der Waals surface area contributed by atoms with Crippen molar-refractivity contribution in [3.63, 3.8) is 0 Å². The highest BCUT2D eigenvalue weighted by molar-refractivity contribution is 8.00. The van der Waals surface area contributed by atoms with E-state index in [0.29, 0.717) is 17.5 Å². The van der Waals surface area contributed by atoms with Gasteiger partial charge in [-0.2, -0.15) is 0 Å². The number of pyridine rings is 1. The molecule has 3 rings (SSSR count). The van der Waals surface area contributed by atoms with E-state index < -0.39 is 17.2 Å². The Kier molecular flexibility index (Phi) is 6.16. The fourth-order valence-electron chi connectivity index (χ4n) is 2.33. The lowest BCUT2D eigenvalue weighted by molar-refractivity contribution is -0.119. The van der Waals surface area contributed by atoms with Gasteiger partial charge in [0, 0.05) is 24.5 Å². The summed E-state index contributed by atoms with van der Waals surface area (Å²) in [7, 11) is 0. The first-order valence-corrected chi connectivity index (χ1v) is 9.18. The Morgan fingerprint density at radius 1 is 1.15 bits per heavy atom. The monoisotopic (exact) mass is 382 g/mol. The number of aromatic nitrogens is 4. The summed E-state index contributed by atoms with van der Waals surface area (Å²) >= 11 is 1.16. The van der Waals surface area contributed by atoms with Gasteiger partial charge in [0.1, 0.15) is 5.25 Å². The number of nitrogens with one attached hydrogen (secondary N) is 3. The first-order valence-electron chi connectivity index (χ1n) is 8.30. The smallest absolute Gasteiger partial charge is 0.321 e. The molecule has 1 aromatic carbocycles. The van der Waals surface area contributed by atoms with E-state index in [1.807, 2.05) is 42.5 Å². The average molecular weight is 382 g/mol. The summed E-state index contributed by atoms with van der Waals surface area (Å²) in [5.74, 6) is 0.142. The fraction of sp³-hybridized carbons (Fsp3) is 0.167. The van der Waals surface area contributed by atoms with Gasteiger partial charge in [-0.3, -0.25) is 20.2 Å². The lowest BCUT2D eigenvalue weighted by Crippen LogP contribution is -2.41. The molecule has 3 amide bonds. The number of amides is 3. The molecule has 0 spiro atoms. The lowest BCUT2D eigenvalue weighted by atomic mass is 10.1. The van der Waals surface area contributed by atoms with E-state index in [2.05, 4.69) is 30.8 Å². The molecule has 0 radical (unpaired) electrons. The van der Waals surface area contributed by atoms with Crippen LogP contribution in [0.4, 0.5) is 4.79 Å². The molecule has 0 bridgehead atoms. The van der Waals surface area contributed by atoms with Crippen molar-refractivity contribution in [1.29, 1.82) is 0 Å². The van der Waals surface area contributed by atoms with E-state index in [-0.39, 0.29) is 0 Å². The Bertz CT molecular complexity index is 900. The third-order valence-corrected chi connectivity index (χ3v) is 4.67. The van der Waals surface area contributed by atoms with Crippen LogP contribution in [0.2, 0.25) is 0 Å². The molecule has 1 atom stereocenters. The summed E-state index contributed by atoms with van der Waals surface area (Å²) in [5, 5.41) is 11.7. The van der Waals surface area contributed by atoms with Crippen LogP contribution < -0.4 is 10.6 Å². The second-order valence-electron chi connectivity index (χ2n) is 5.46. The van der Waals surface area contributed by atoms with Gasteiger partial charge in [-0.15, -0.1) is 5.10 Å². The van der Waals surface area contributed by atoms with E-state index in [0.717, 1.165) is 22.9 Å². The predicted molar refractivity (Wildman–Crippen MR) is 102 cm³/mol. The molecule has 0 aliphatic heterocycles. The molecule has 0 fully saturated rings. The topological polar surface area (TPSA) is 113 Å². The molecule has 138 valence electrons. The molecule has 0 aliphatic carbocycles. The van der Waals surface area contributed by atoms with Crippen LogP contribution in [0.25, 0.3) is 11.4 Å². The fourth-order valence-corrected chi connectivity index (χ4v) is 3.24. The Labute approximate surface area is 160 Å². The molecular weight excluding hydrogens is 364 g/mol. The Hall–Kier alpha value is -3.20. The minimum absolute atomic E-state index is 0.404. The van der Waals surface area contributed by atoms with E-state index in [1.54, 1.807) is 19.3 Å². The molecule has 27 heavy (non-hydrogen) atoms. The number of hydrogen-bond acceptors (Lipinski definition) is 6. The molecule has 0 unspecified atom stereocenters. The molecule has 0 saturated carbocycles. The summed E-state index contributed by atoms with van der Waals surface area (Å²) in [6.45, 7) is 2.21. The van der Waals surface area contributed by atoms with Crippen LogP contribution in [0.15, 0.2) is 60.0 Å². The summed E-state index contributed by atoms with van der Waals surface area (Å²) < 4.78 is 0. The maximum atomic E-state index is 12.6. The number of thioether (sulfide) groups is 1. The van der Waals surface area contributed by atoms with Crippen LogP contribution in [-0.4, -0.2) is 38.6 Å². The third kappa shape index (κ3) is 4.91. The number of aromatic amines is 1. The highest BCUT2D eigenvalue weighted by Crippen LogP contribution is 2.34. The van der Waals surface area contributed by atoms with Gasteiger partial charge in [0.05, 0.1) is 0 Å². The number of benzene rings is 1. The van der Waals surface area contributed by atoms with Crippen molar-refractivity contribution in [1.82, 2.24) is 30.8 Å². The van der Waals surface area contributed by atoms with Crippen molar-refractivity contribution in [3.05, 3.63) is 60.4 Å². The minimum atomic E-state index is -0.671. The first kappa shape index (κ1) is 18.6. The van der Waals surface area contributed by atoms with Crippen LogP contribution in [0, 0.1) is 0 Å². The number of nitrogens with zero attached hydrogens (tertiary/aromatic N) is 3. The predicted octanol–water partition coefficient (Wildman–Crippen LogP) is 2.55. The van der Waals surface area contributed by atoms with Gasteiger partial charge in [0.15, 0.2) is 5.82 Å². The van der Waals surface area contributed by atoms with Gasteiger partial charge in [-0.25, -0.2) is 9.78 Å². The minimum Gasteiger partial charge on any atom is -0.338 e. The summed E-state index contributed by atoms with van der Waals surface area (Å²) in [6, 6.07) is 12.3. The lowest BCUT2D eigenvalue weighted by Gasteiger charge is -2.14. The number of hydrogen-bond donors (Lipinski definition) is 3. The van der Waals surface area contributed by atoms with Crippen molar-refractivity contribution in [3.8, 4) is 11.4 Å². The molecule has 3 N–H and O–H groups in total. The number of carbonyl (C=O) groups excluding carboxylic acids is 2. The van der Waals surface area contributed by atoms with Gasteiger partial charge in [-0.05, 0) is 24.6 Å². The van der Waals surface area contributed by atoms with Crippen molar-refractivity contribution >= 4 is 23.7 Å². The normalized spacial score (nSPS) is 11.6. The van der Waals surface area contributed by atoms with Crippen molar-refractivity contribution in [2.45, 2.75) is 17.3 Å². The number of rotatable bonds is 6. The summed E-state index contributed by atoms with van der Waals surface area (Å²) in [6.07, 6.45) is 3.33. The quantitative estimate of drug-likeness (QED) is 0.565. The highest BCUT2D eigenvalue weighted by Gasteiger charge is 2.25. The highest BCUT2D eigenvalue weighted by atomic mass is 32.2. The largest absolute Gasteiger partial charge is 0.338 e. The Morgan fingerprint density at radius 3 is 2.59 bits per heavy atom. The number of urea groups is 1. The number of H-pyrrole nitrogens is 1. The Morgan fingerprint density at radius 2 is 1.89 bits per heavy atom. The molecule has 2 heterocycles. The van der Waals surface area contributed by atoms with Crippen LogP contribution in [-0.2, 0) is 4.79 Å². The van der Waals surface area contributed by atoms with Gasteiger partial charge in [0.2, 0.25) is 11.1 Å². The average Bonchev–Trinajstić information content (AvgIpc) is 3.16. The van der Waals surface area contributed by atoms with Crippen LogP contribution in [0.3, 0.4) is 0 Å². The van der Waals surface area contributed by atoms with Gasteiger partial charge in [-0.1, -0.05) is 42.1 Å². The third-order valence-electron chi connectivity index (χ3n) is 3.56. The zero-order chi connectivity index (χ0) is 19.1. The molecule has 9 heteroatoms. The maximum absolute atomic E-state index is 12.6. The van der Waals surface area contributed by atoms with Gasteiger partial charge < -0.3 is 5.32 Å². The van der Waals surface area contributed by atoms with Crippen LogP contribution in [0.1, 0.15) is 17.7 Å².